The van der Waals surface area contributed by atoms with Crippen molar-refractivity contribution in [2.24, 2.45) is 0 Å². The molecule has 0 radical (unpaired) electrons. The highest BCUT2D eigenvalue weighted by atomic mass is 32.1. The molecule has 1 N–H and O–H groups in total. The molecule has 3 aromatic rings. The lowest BCUT2D eigenvalue weighted by Crippen LogP contribution is -2.24. The van der Waals surface area contributed by atoms with Gasteiger partial charge in [0.2, 0.25) is 5.13 Å². The topological polar surface area (TPSA) is 89.8 Å². The van der Waals surface area contributed by atoms with Crippen LogP contribution < -0.4 is 5.32 Å². The van der Waals surface area contributed by atoms with Gasteiger partial charge in [0.15, 0.2) is 0 Å². The molecule has 0 fully saturated rings. The number of anilines is 1. The van der Waals surface area contributed by atoms with Gasteiger partial charge in [-0.1, -0.05) is 31.3 Å². The maximum absolute atomic E-state index is 13.0. The van der Waals surface area contributed by atoms with E-state index < -0.39 is 23.4 Å². The fraction of sp³-hybridized carbons (Fsp3) is 0.316. The molecule has 0 saturated heterocycles. The van der Waals surface area contributed by atoms with E-state index in [9.17, 15) is 22.8 Å². The smallest absolute Gasteiger partial charge is 0.294 e. The minimum Gasteiger partial charge on any atom is -0.294 e. The molecule has 1 amide bonds. The van der Waals surface area contributed by atoms with Gasteiger partial charge in [-0.2, -0.15) is 18.3 Å². The van der Waals surface area contributed by atoms with Crippen LogP contribution in [0, 0.1) is 13.8 Å². The number of nitrogens with zero attached hydrogens (tertiary/aromatic N) is 4. The highest BCUT2D eigenvalue weighted by Gasteiger charge is 2.31. The SMILES string of the molecule is Cc1nn(-c2cccc(C(F)(F)F)c2)c(C)c1C(=O)C(=O)Nc1nnc(C(C)C)s1. The Kier molecular flexibility index (Phi) is 5.75. The normalized spacial score (nSPS) is 11.7. The first-order valence-corrected chi connectivity index (χ1v) is 9.73. The maximum atomic E-state index is 13.0. The van der Waals surface area contributed by atoms with Crippen LogP contribution in [0.3, 0.4) is 0 Å². The lowest BCUT2D eigenvalue weighted by Gasteiger charge is -2.10. The number of aromatic nitrogens is 4. The Balaban J connectivity index is 1.89. The van der Waals surface area contributed by atoms with Crippen LogP contribution >= 0.6 is 11.3 Å². The maximum Gasteiger partial charge on any atom is 0.416 e. The predicted octanol–water partition coefficient (Wildman–Crippen LogP) is 4.30. The summed E-state index contributed by atoms with van der Waals surface area (Å²) in [5, 5.41) is 15.3. The van der Waals surface area contributed by atoms with Crippen LogP contribution in [0.5, 0.6) is 0 Å². The molecule has 0 aliphatic carbocycles. The third-order valence-corrected chi connectivity index (χ3v) is 5.44. The van der Waals surface area contributed by atoms with Crippen molar-refractivity contribution in [3.05, 3.63) is 51.8 Å². The Labute approximate surface area is 173 Å². The second kappa shape index (κ2) is 7.98. The fourth-order valence-electron chi connectivity index (χ4n) is 2.82. The van der Waals surface area contributed by atoms with Gasteiger partial charge in [-0.05, 0) is 32.0 Å². The van der Waals surface area contributed by atoms with Crippen molar-refractivity contribution in [2.45, 2.75) is 39.8 Å². The van der Waals surface area contributed by atoms with E-state index in [0.29, 0.717) is 5.01 Å². The van der Waals surface area contributed by atoms with Crippen LogP contribution in [0.2, 0.25) is 0 Å². The summed E-state index contributed by atoms with van der Waals surface area (Å²) >= 11 is 1.16. The van der Waals surface area contributed by atoms with E-state index in [4.69, 9.17) is 0 Å². The summed E-state index contributed by atoms with van der Waals surface area (Å²) in [6.07, 6.45) is -4.51. The van der Waals surface area contributed by atoms with Crippen LogP contribution in [0.4, 0.5) is 18.3 Å². The van der Waals surface area contributed by atoms with Crippen LogP contribution in [-0.4, -0.2) is 31.7 Å². The summed E-state index contributed by atoms with van der Waals surface area (Å²) in [4.78, 5) is 25.1. The molecule has 30 heavy (non-hydrogen) atoms. The quantitative estimate of drug-likeness (QED) is 0.475. The molecular weight excluding hydrogens is 419 g/mol. The summed E-state index contributed by atoms with van der Waals surface area (Å²) in [5.41, 5.74) is -0.193. The van der Waals surface area contributed by atoms with E-state index in [2.05, 4.69) is 20.6 Å². The standard InChI is InChI=1S/C19H18F3N5O2S/c1-9(2)17-24-25-18(30-17)23-16(29)15(28)14-10(3)26-27(11(14)4)13-7-5-6-12(8-13)19(20,21)22/h5-9H,1-4H3,(H,23,25,29). The summed E-state index contributed by atoms with van der Waals surface area (Å²) in [6, 6.07) is 4.58. The van der Waals surface area contributed by atoms with Gasteiger partial charge in [-0.15, -0.1) is 10.2 Å². The number of hydrogen-bond acceptors (Lipinski definition) is 6. The molecule has 0 saturated carbocycles. The van der Waals surface area contributed by atoms with Crippen molar-refractivity contribution in [3.8, 4) is 5.69 Å². The predicted molar refractivity (Wildman–Crippen MR) is 105 cm³/mol. The third kappa shape index (κ3) is 4.25. The van der Waals surface area contributed by atoms with Crippen molar-refractivity contribution in [1.82, 2.24) is 20.0 Å². The fourth-order valence-corrected chi connectivity index (χ4v) is 3.56. The molecule has 0 unspecified atom stereocenters. The molecule has 2 heterocycles. The minimum atomic E-state index is -4.51. The van der Waals surface area contributed by atoms with E-state index >= 15 is 0 Å². The molecule has 3 rings (SSSR count). The summed E-state index contributed by atoms with van der Waals surface area (Å²) < 4.78 is 40.3. The highest BCUT2D eigenvalue weighted by Crippen LogP contribution is 2.31. The number of ketones is 1. The number of hydrogen-bond donors (Lipinski definition) is 1. The number of carbonyl (C=O) groups excluding carboxylic acids is 2. The molecule has 0 aliphatic rings. The van der Waals surface area contributed by atoms with E-state index in [-0.39, 0.29) is 33.7 Å². The zero-order valence-electron chi connectivity index (χ0n) is 16.5. The van der Waals surface area contributed by atoms with Crippen molar-refractivity contribution in [1.29, 1.82) is 0 Å². The van der Waals surface area contributed by atoms with Gasteiger partial charge in [0.05, 0.1) is 28.2 Å². The number of benzene rings is 1. The molecule has 158 valence electrons. The van der Waals surface area contributed by atoms with E-state index in [1.807, 2.05) is 13.8 Å². The Hall–Kier alpha value is -3.08. The van der Waals surface area contributed by atoms with Crippen LogP contribution in [0.1, 0.15) is 52.1 Å². The summed E-state index contributed by atoms with van der Waals surface area (Å²) in [5.74, 6) is -1.65. The van der Waals surface area contributed by atoms with Crippen molar-refractivity contribution in [2.75, 3.05) is 5.32 Å². The Morgan fingerprint density at radius 3 is 2.47 bits per heavy atom. The molecule has 0 spiro atoms. The average molecular weight is 437 g/mol. The molecule has 0 aliphatic heterocycles. The zero-order chi connectivity index (χ0) is 22.2. The molecule has 0 bridgehead atoms. The largest absolute Gasteiger partial charge is 0.416 e. The molecule has 0 atom stereocenters. The summed E-state index contributed by atoms with van der Waals surface area (Å²) in [6.45, 7) is 6.88. The number of carbonyl (C=O) groups is 2. The van der Waals surface area contributed by atoms with Crippen LogP contribution in [-0.2, 0) is 11.0 Å². The van der Waals surface area contributed by atoms with Crippen molar-refractivity contribution in [3.63, 3.8) is 0 Å². The van der Waals surface area contributed by atoms with Crippen molar-refractivity contribution >= 4 is 28.2 Å². The number of rotatable bonds is 5. The number of nitrogens with one attached hydrogen (secondary N) is 1. The van der Waals surface area contributed by atoms with Gasteiger partial charge >= 0.3 is 6.18 Å². The first-order chi connectivity index (χ1) is 14.0. The number of alkyl halides is 3. The molecule has 7 nitrogen and oxygen atoms in total. The average Bonchev–Trinajstić information content (AvgIpc) is 3.25. The van der Waals surface area contributed by atoms with Crippen LogP contribution in [0.25, 0.3) is 5.69 Å². The number of halogens is 3. The first kappa shape index (κ1) is 21.6. The van der Waals surface area contributed by atoms with Gasteiger partial charge in [0, 0.05) is 5.92 Å². The Morgan fingerprint density at radius 1 is 1.17 bits per heavy atom. The molecule has 1 aromatic carbocycles. The second-order valence-electron chi connectivity index (χ2n) is 6.89. The van der Waals surface area contributed by atoms with Gasteiger partial charge in [0.1, 0.15) is 5.01 Å². The molecular formula is C19H18F3N5O2S. The van der Waals surface area contributed by atoms with Gasteiger partial charge in [-0.25, -0.2) is 4.68 Å². The molecule has 2 aromatic heterocycles. The first-order valence-electron chi connectivity index (χ1n) is 8.92. The molecule has 11 heteroatoms. The van der Waals surface area contributed by atoms with Gasteiger partial charge in [0.25, 0.3) is 11.7 Å². The highest BCUT2D eigenvalue weighted by molar-refractivity contribution is 7.15. The minimum absolute atomic E-state index is 0.0264. The van der Waals surface area contributed by atoms with E-state index in [1.54, 1.807) is 0 Å². The second-order valence-corrected chi connectivity index (χ2v) is 7.90. The summed E-state index contributed by atoms with van der Waals surface area (Å²) in [7, 11) is 0. The Morgan fingerprint density at radius 2 is 1.87 bits per heavy atom. The third-order valence-electron chi connectivity index (χ3n) is 4.30. The zero-order valence-corrected chi connectivity index (χ0v) is 17.4. The van der Waals surface area contributed by atoms with Crippen molar-refractivity contribution < 1.29 is 22.8 Å². The lowest BCUT2D eigenvalue weighted by molar-refractivity contribution is -0.137. The van der Waals surface area contributed by atoms with E-state index in [0.717, 1.165) is 23.5 Å². The van der Waals surface area contributed by atoms with Gasteiger partial charge < -0.3 is 0 Å². The Bertz CT molecular complexity index is 1120. The van der Waals surface area contributed by atoms with Gasteiger partial charge in [-0.3, -0.25) is 14.9 Å². The monoisotopic (exact) mass is 437 g/mol. The lowest BCUT2D eigenvalue weighted by atomic mass is 10.1. The van der Waals surface area contributed by atoms with E-state index in [1.165, 1.54) is 30.7 Å². The number of aryl methyl sites for hydroxylation is 1. The number of amides is 1. The number of Topliss-reactive ketones (excluding diaryl/α,β-unsaturated/α-hetero) is 1. The van der Waals surface area contributed by atoms with Crippen LogP contribution in [0.15, 0.2) is 24.3 Å².